The minimum absolute atomic E-state index is 0.0929. The molecule has 150 valence electrons. The van der Waals surface area contributed by atoms with E-state index in [1.807, 2.05) is 0 Å². The summed E-state index contributed by atoms with van der Waals surface area (Å²) in [6.07, 6.45) is -9.98. The number of carboxylic acid groups (broad SMARTS) is 1. The van der Waals surface area contributed by atoms with Crippen molar-refractivity contribution in [3.05, 3.63) is 59.2 Å². The zero-order chi connectivity index (χ0) is 20.7. The number of likely N-dealkylation sites (tertiary alicyclic amines) is 1. The van der Waals surface area contributed by atoms with Crippen molar-refractivity contribution in [1.82, 2.24) is 4.90 Å². The highest BCUT2D eigenvalue weighted by Crippen LogP contribution is 2.43. The van der Waals surface area contributed by atoms with E-state index in [4.69, 9.17) is 5.11 Å². The van der Waals surface area contributed by atoms with E-state index in [0.29, 0.717) is 12.1 Å². The largest absolute Gasteiger partial charge is 0.481 e. The number of aliphatic carboxylic acids is 1. The number of carbonyl (C=O) groups is 1. The molecule has 0 unspecified atom stereocenters. The molecule has 0 amide bonds. The van der Waals surface area contributed by atoms with Crippen LogP contribution in [-0.4, -0.2) is 29.1 Å². The van der Waals surface area contributed by atoms with Crippen LogP contribution in [0.4, 0.5) is 26.3 Å². The average molecular weight is 403 g/mol. The second-order valence-electron chi connectivity index (χ2n) is 6.64. The number of carboxylic acids is 1. The number of benzene rings is 2. The second kappa shape index (κ2) is 7.12. The average Bonchev–Trinajstić information content (AvgIpc) is 2.56. The number of halogens is 6. The predicted octanol–water partition coefficient (Wildman–Crippen LogP) is 4.91. The molecule has 1 heterocycles. The van der Waals surface area contributed by atoms with Crippen LogP contribution >= 0.6 is 0 Å². The van der Waals surface area contributed by atoms with Crippen molar-refractivity contribution in [3.63, 3.8) is 0 Å². The predicted molar refractivity (Wildman–Crippen MR) is 88.3 cm³/mol. The normalized spacial score (nSPS) is 16.1. The Morgan fingerprint density at radius 2 is 1.43 bits per heavy atom. The third kappa shape index (κ3) is 4.14. The summed E-state index contributed by atoms with van der Waals surface area (Å²) in [5.74, 6) is -1.91. The van der Waals surface area contributed by atoms with Gasteiger partial charge in [-0.25, -0.2) is 0 Å². The topological polar surface area (TPSA) is 40.5 Å². The molecule has 28 heavy (non-hydrogen) atoms. The molecule has 0 aromatic heterocycles. The number of nitrogens with zero attached hydrogens (tertiary/aromatic N) is 1. The third-order valence-electron chi connectivity index (χ3n) is 4.66. The van der Waals surface area contributed by atoms with Gasteiger partial charge in [0.2, 0.25) is 0 Å². The number of alkyl halides is 6. The van der Waals surface area contributed by atoms with E-state index in [0.717, 1.165) is 0 Å². The van der Waals surface area contributed by atoms with Gasteiger partial charge in [0.1, 0.15) is 0 Å². The molecule has 0 radical (unpaired) electrons. The smallest absolute Gasteiger partial charge is 0.416 e. The van der Waals surface area contributed by atoms with Crippen LogP contribution in [0.25, 0.3) is 11.1 Å². The maximum atomic E-state index is 13.6. The highest BCUT2D eigenvalue weighted by atomic mass is 19.4. The van der Waals surface area contributed by atoms with Gasteiger partial charge in [-0.3, -0.25) is 9.69 Å². The minimum Gasteiger partial charge on any atom is -0.481 e. The SMILES string of the molecule is O=C(O)C1CN(Cc2c(C(F)(F)F)cc(-c3ccccc3)cc2C(F)(F)F)C1. The monoisotopic (exact) mass is 403 g/mol. The van der Waals surface area contributed by atoms with Crippen molar-refractivity contribution in [2.24, 2.45) is 5.92 Å². The molecular weight excluding hydrogens is 388 g/mol. The van der Waals surface area contributed by atoms with Crippen LogP contribution in [0.15, 0.2) is 42.5 Å². The van der Waals surface area contributed by atoms with Gasteiger partial charge in [-0.15, -0.1) is 0 Å². The quantitative estimate of drug-likeness (QED) is 0.738. The van der Waals surface area contributed by atoms with Crippen LogP contribution in [-0.2, 0) is 23.7 Å². The molecular formula is C19H15F6NO2. The first-order valence-electron chi connectivity index (χ1n) is 8.28. The second-order valence-corrected chi connectivity index (χ2v) is 6.64. The van der Waals surface area contributed by atoms with Gasteiger partial charge < -0.3 is 5.11 Å². The first-order chi connectivity index (χ1) is 13.0. The molecule has 1 aliphatic heterocycles. The Kier molecular flexibility index (Phi) is 5.14. The van der Waals surface area contributed by atoms with Gasteiger partial charge in [-0.2, -0.15) is 26.3 Å². The molecule has 1 fully saturated rings. The van der Waals surface area contributed by atoms with E-state index in [1.54, 1.807) is 6.07 Å². The summed E-state index contributed by atoms with van der Waals surface area (Å²) < 4.78 is 81.7. The van der Waals surface area contributed by atoms with Crippen molar-refractivity contribution in [2.75, 3.05) is 13.1 Å². The summed E-state index contributed by atoms with van der Waals surface area (Å²) in [5.41, 5.74) is -3.56. The zero-order valence-corrected chi connectivity index (χ0v) is 14.3. The standard InChI is InChI=1S/C19H15F6NO2/c20-18(21,22)15-6-12(11-4-2-1-3-5-11)7-16(19(23,24)25)14(15)10-26-8-13(9-26)17(27)28/h1-7,13H,8-10H2,(H,27,28). The summed E-state index contributed by atoms with van der Waals surface area (Å²) in [6, 6.07) is 8.95. The molecule has 3 rings (SSSR count). The zero-order valence-electron chi connectivity index (χ0n) is 14.3. The highest BCUT2D eigenvalue weighted by Gasteiger charge is 2.43. The molecule has 1 aliphatic rings. The van der Waals surface area contributed by atoms with Crippen molar-refractivity contribution < 1.29 is 36.2 Å². The first kappa shape index (κ1) is 20.2. The Morgan fingerprint density at radius 3 is 1.86 bits per heavy atom. The fraction of sp³-hybridized carbons (Fsp3) is 0.316. The summed E-state index contributed by atoms with van der Waals surface area (Å²) >= 11 is 0. The van der Waals surface area contributed by atoms with Crippen LogP contribution in [0.2, 0.25) is 0 Å². The first-order valence-corrected chi connectivity index (χ1v) is 8.28. The molecule has 2 aromatic carbocycles. The molecule has 0 bridgehead atoms. The van der Waals surface area contributed by atoms with Crippen molar-refractivity contribution in [2.45, 2.75) is 18.9 Å². The number of hydrogen-bond donors (Lipinski definition) is 1. The van der Waals surface area contributed by atoms with E-state index in [9.17, 15) is 31.1 Å². The Labute approximate surface area is 156 Å². The van der Waals surface area contributed by atoms with Gasteiger partial charge in [0, 0.05) is 19.6 Å². The fourth-order valence-electron chi connectivity index (χ4n) is 3.22. The molecule has 1 saturated heterocycles. The highest BCUT2D eigenvalue weighted by molar-refractivity contribution is 5.71. The van der Waals surface area contributed by atoms with E-state index in [2.05, 4.69) is 0 Å². The van der Waals surface area contributed by atoms with Gasteiger partial charge in [-0.05, 0) is 28.8 Å². The number of hydrogen-bond acceptors (Lipinski definition) is 2. The molecule has 0 saturated carbocycles. The van der Waals surface area contributed by atoms with Crippen molar-refractivity contribution >= 4 is 5.97 Å². The van der Waals surface area contributed by atoms with Gasteiger partial charge in [0.15, 0.2) is 0 Å². The van der Waals surface area contributed by atoms with Crippen molar-refractivity contribution in [3.8, 4) is 11.1 Å². The lowest BCUT2D eigenvalue weighted by molar-refractivity contribution is -0.150. The summed E-state index contributed by atoms with van der Waals surface area (Å²) in [7, 11) is 0. The molecule has 0 spiro atoms. The maximum Gasteiger partial charge on any atom is 0.416 e. The molecule has 1 N–H and O–H groups in total. The molecule has 2 aromatic rings. The summed E-state index contributed by atoms with van der Waals surface area (Å²) in [4.78, 5) is 12.1. The Bertz CT molecular complexity index is 835. The van der Waals surface area contributed by atoms with Gasteiger partial charge >= 0.3 is 18.3 Å². The Balaban J connectivity index is 2.09. The van der Waals surface area contributed by atoms with E-state index in [-0.39, 0.29) is 24.2 Å². The van der Waals surface area contributed by atoms with E-state index in [1.165, 1.54) is 29.2 Å². The molecule has 0 atom stereocenters. The van der Waals surface area contributed by atoms with Crippen LogP contribution in [0.1, 0.15) is 16.7 Å². The molecule has 0 aliphatic carbocycles. The Hall–Kier alpha value is -2.55. The lowest BCUT2D eigenvalue weighted by Crippen LogP contribution is -2.50. The maximum absolute atomic E-state index is 13.6. The van der Waals surface area contributed by atoms with Crippen molar-refractivity contribution in [1.29, 1.82) is 0 Å². The van der Waals surface area contributed by atoms with Gasteiger partial charge in [-0.1, -0.05) is 30.3 Å². The van der Waals surface area contributed by atoms with E-state index >= 15 is 0 Å². The molecule has 3 nitrogen and oxygen atoms in total. The van der Waals surface area contributed by atoms with Crippen LogP contribution < -0.4 is 0 Å². The molecule has 9 heteroatoms. The lowest BCUT2D eigenvalue weighted by atomic mass is 9.91. The number of rotatable bonds is 4. The van der Waals surface area contributed by atoms with Gasteiger partial charge in [0.05, 0.1) is 17.0 Å². The Morgan fingerprint density at radius 1 is 0.929 bits per heavy atom. The fourth-order valence-corrected chi connectivity index (χ4v) is 3.22. The van der Waals surface area contributed by atoms with Crippen LogP contribution in [0.5, 0.6) is 0 Å². The summed E-state index contributed by atoms with van der Waals surface area (Å²) in [5, 5.41) is 8.86. The summed E-state index contributed by atoms with van der Waals surface area (Å²) in [6.45, 7) is -0.808. The van der Waals surface area contributed by atoms with E-state index < -0.39 is 47.5 Å². The van der Waals surface area contributed by atoms with Crippen LogP contribution in [0, 0.1) is 5.92 Å². The lowest BCUT2D eigenvalue weighted by Gasteiger charge is -2.37. The van der Waals surface area contributed by atoms with Gasteiger partial charge in [0.25, 0.3) is 0 Å². The van der Waals surface area contributed by atoms with Crippen LogP contribution in [0.3, 0.4) is 0 Å². The minimum atomic E-state index is -4.99. The third-order valence-corrected chi connectivity index (χ3v) is 4.66.